The van der Waals surface area contributed by atoms with E-state index in [4.69, 9.17) is 34.8 Å². The maximum Gasteiger partial charge on any atom is 0.416 e. The van der Waals surface area contributed by atoms with Crippen LogP contribution in [0.1, 0.15) is 37.0 Å². The molecule has 3 aromatic carbocycles. The molecule has 44 heavy (non-hydrogen) atoms. The van der Waals surface area contributed by atoms with Crippen molar-refractivity contribution in [2.24, 2.45) is 0 Å². The van der Waals surface area contributed by atoms with E-state index < -0.39 is 51.9 Å². The van der Waals surface area contributed by atoms with Crippen molar-refractivity contribution in [2.45, 2.75) is 51.5 Å². The van der Waals surface area contributed by atoms with Gasteiger partial charge in [0.1, 0.15) is 12.6 Å². The van der Waals surface area contributed by atoms with Gasteiger partial charge in [0.15, 0.2) is 0 Å². The minimum Gasteiger partial charge on any atom is -0.352 e. The van der Waals surface area contributed by atoms with E-state index in [0.717, 1.165) is 17.2 Å². The van der Waals surface area contributed by atoms with Gasteiger partial charge in [-0.25, -0.2) is 8.42 Å². The van der Waals surface area contributed by atoms with E-state index in [1.54, 1.807) is 55.5 Å². The summed E-state index contributed by atoms with van der Waals surface area (Å²) in [5.74, 6) is -1.43. The van der Waals surface area contributed by atoms with Gasteiger partial charge in [-0.15, -0.1) is 0 Å². The SMILES string of the molecule is CCC(C)NC(=O)C(Cc1ccccc1)N(Cc1c(Cl)cccc1Cl)C(=O)CN(c1cc(C(F)(F)F)ccc1Cl)S(C)(=O)=O. The standard InChI is InChI=1S/C30H31Cl3F3N3O4S/c1-4-19(2)37-29(41)27(15-20-9-6-5-7-10-20)38(17-22-23(31)11-8-12-24(22)32)28(40)18-39(44(3,42)43)26-16-21(30(34,35)36)13-14-25(26)33/h5-14,16,19,27H,4,15,17-18H2,1-3H3,(H,37,41). The van der Waals surface area contributed by atoms with Gasteiger partial charge in [-0.2, -0.15) is 13.2 Å². The highest BCUT2D eigenvalue weighted by Gasteiger charge is 2.36. The van der Waals surface area contributed by atoms with E-state index in [-0.39, 0.29) is 34.1 Å². The summed E-state index contributed by atoms with van der Waals surface area (Å²) in [6.45, 7) is 2.38. The third-order valence-electron chi connectivity index (χ3n) is 6.88. The van der Waals surface area contributed by atoms with Crippen LogP contribution in [0.25, 0.3) is 0 Å². The second-order valence-electron chi connectivity index (χ2n) is 10.2. The molecule has 2 unspecified atom stereocenters. The zero-order chi connectivity index (χ0) is 32.8. The van der Waals surface area contributed by atoms with Crippen LogP contribution in [0, 0.1) is 0 Å². The lowest BCUT2D eigenvalue weighted by molar-refractivity contribution is -0.140. The van der Waals surface area contributed by atoms with Gasteiger partial charge in [-0.3, -0.25) is 13.9 Å². The molecule has 0 saturated carbocycles. The molecule has 14 heteroatoms. The van der Waals surface area contributed by atoms with Gasteiger partial charge in [0.2, 0.25) is 21.8 Å². The fourth-order valence-electron chi connectivity index (χ4n) is 4.32. The van der Waals surface area contributed by atoms with E-state index >= 15 is 0 Å². The van der Waals surface area contributed by atoms with Crippen molar-refractivity contribution in [3.8, 4) is 0 Å². The highest BCUT2D eigenvalue weighted by Crippen LogP contribution is 2.36. The van der Waals surface area contributed by atoms with Crippen molar-refractivity contribution in [1.29, 1.82) is 0 Å². The summed E-state index contributed by atoms with van der Waals surface area (Å²) in [7, 11) is -4.37. The molecule has 2 amide bonds. The minimum absolute atomic E-state index is 0.0279. The lowest BCUT2D eigenvalue weighted by Crippen LogP contribution is -2.54. The largest absolute Gasteiger partial charge is 0.416 e. The van der Waals surface area contributed by atoms with Gasteiger partial charge in [0.25, 0.3) is 0 Å². The van der Waals surface area contributed by atoms with Gasteiger partial charge in [-0.1, -0.05) is 78.1 Å². The first kappa shape index (κ1) is 35.5. The van der Waals surface area contributed by atoms with E-state index in [1.165, 1.54) is 0 Å². The molecule has 1 N–H and O–H groups in total. The Morgan fingerprint density at radius 1 is 0.932 bits per heavy atom. The molecule has 3 rings (SSSR count). The van der Waals surface area contributed by atoms with Crippen LogP contribution in [-0.4, -0.2) is 50.0 Å². The van der Waals surface area contributed by atoms with Crippen LogP contribution >= 0.6 is 34.8 Å². The number of alkyl halides is 3. The number of halogens is 6. The lowest BCUT2D eigenvalue weighted by Gasteiger charge is -2.34. The highest BCUT2D eigenvalue weighted by atomic mass is 35.5. The van der Waals surface area contributed by atoms with Gasteiger partial charge in [0, 0.05) is 34.6 Å². The molecular weight excluding hydrogens is 662 g/mol. The highest BCUT2D eigenvalue weighted by molar-refractivity contribution is 7.92. The zero-order valence-corrected chi connectivity index (χ0v) is 27.1. The monoisotopic (exact) mass is 691 g/mol. The minimum atomic E-state index is -4.81. The first-order valence-electron chi connectivity index (χ1n) is 13.4. The first-order valence-corrected chi connectivity index (χ1v) is 16.4. The fourth-order valence-corrected chi connectivity index (χ4v) is 5.96. The average molecular weight is 693 g/mol. The van der Waals surface area contributed by atoms with Crippen molar-refractivity contribution in [2.75, 3.05) is 17.1 Å². The first-order chi connectivity index (χ1) is 20.5. The molecule has 7 nitrogen and oxygen atoms in total. The van der Waals surface area contributed by atoms with Crippen LogP contribution in [0.15, 0.2) is 66.7 Å². The number of hydrogen-bond acceptors (Lipinski definition) is 4. The molecule has 0 aliphatic carbocycles. The van der Waals surface area contributed by atoms with Crippen molar-refractivity contribution in [3.63, 3.8) is 0 Å². The van der Waals surface area contributed by atoms with Crippen molar-refractivity contribution >= 4 is 62.3 Å². The van der Waals surface area contributed by atoms with Gasteiger partial charge in [0.05, 0.1) is 22.5 Å². The van der Waals surface area contributed by atoms with Crippen LogP contribution < -0.4 is 9.62 Å². The van der Waals surface area contributed by atoms with E-state index in [2.05, 4.69) is 5.32 Å². The summed E-state index contributed by atoms with van der Waals surface area (Å²) in [6, 6.07) is 14.2. The summed E-state index contributed by atoms with van der Waals surface area (Å²) in [5, 5.41) is 2.93. The summed E-state index contributed by atoms with van der Waals surface area (Å²) >= 11 is 19.0. The normalized spacial score (nSPS) is 13.2. The number of hydrogen-bond donors (Lipinski definition) is 1. The molecular formula is C30H31Cl3F3N3O4S. The Bertz CT molecular complexity index is 1570. The second kappa shape index (κ2) is 14.9. The van der Waals surface area contributed by atoms with E-state index in [1.807, 2.05) is 6.92 Å². The Kier molecular flexibility index (Phi) is 12.0. The number of rotatable bonds is 12. The van der Waals surface area contributed by atoms with E-state index in [0.29, 0.717) is 34.0 Å². The Morgan fingerprint density at radius 2 is 1.55 bits per heavy atom. The molecule has 0 radical (unpaired) electrons. The fraction of sp³-hybridized carbons (Fsp3) is 0.333. The number of anilines is 1. The quantitative estimate of drug-likeness (QED) is 0.222. The molecule has 0 fully saturated rings. The molecule has 0 aliphatic heterocycles. The molecule has 0 saturated heterocycles. The molecule has 0 bridgehead atoms. The third kappa shape index (κ3) is 9.26. The summed E-state index contributed by atoms with van der Waals surface area (Å²) in [5.41, 5.74) is -0.716. The topological polar surface area (TPSA) is 86.8 Å². The number of carbonyl (C=O) groups is 2. The second-order valence-corrected chi connectivity index (χ2v) is 13.3. The van der Waals surface area contributed by atoms with Gasteiger partial charge < -0.3 is 10.2 Å². The molecule has 0 spiro atoms. The molecule has 0 heterocycles. The van der Waals surface area contributed by atoms with Crippen molar-refractivity contribution in [3.05, 3.63) is 98.5 Å². The number of sulfonamides is 1. The lowest BCUT2D eigenvalue weighted by atomic mass is 10.0. The Hall–Kier alpha value is -2.99. The van der Waals surface area contributed by atoms with Crippen LogP contribution in [-0.2, 0) is 38.8 Å². The van der Waals surface area contributed by atoms with Gasteiger partial charge >= 0.3 is 6.18 Å². The Labute approximate surface area is 269 Å². The Balaban J connectivity index is 2.17. The Morgan fingerprint density at radius 3 is 2.09 bits per heavy atom. The number of amides is 2. The third-order valence-corrected chi connectivity index (χ3v) is 9.04. The maximum atomic E-state index is 14.2. The summed E-state index contributed by atoms with van der Waals surface area (Å²) in [6.07, 6.45) is -3.46. The summed E-state index contributed by atoms with van der Waals surface area (Å²) in [4.78, 5) is 29.0. The van der Waals surface area contributed by atoms with Crippen LogP contribution in [0.2, 0.25) is 15.1 Å². The number of carbonyl (C=O) groups excluding carboxylic acids is 2. The summed E-state index contributed by atoms with van der Waals surface area (Å²) < 4.78 is 67.0. The van der Waals surface area contributed by atoms with Crippen LogP contribution in [0.3, 0.4) is 0 Å². The average Bonchev–Trinajstić information content (AvgIpc) is 2.94. The maximum absolute atomic E-state index is 14.2. The zero-order valence-electron chi connectivity index (χ0n) is 24.0. The van der Waals surface area contributed by atoms with Crippen LogP contribution in [0.4, 0.5) is 18.9 Å². The van der Waals surface area contributed by atoms with Gasteiger partial charge in [-0.05, 0) is 49.2 Å². The van der Waals surface area contributed by atoms with Crippen molar-refractivity contribution in [1.82, 2.24) is 10.2 Å². The van der Waals surface area contributed by atoms with Crippen molar-refractivity contribution < 1.29 is 31.2 Å². The van der Waals surface area contributed by atoms with E-state index in [9.17, 15) is 31.2 Å². The number of benzene rings is 3. The molecule has 238 valence electrons. The molecule has 3 aromatic rings. The predicted molar refractivity (Wildman–Crippen MR) is 167 cm³/mol. The predicted octanol–water partition coefficient (Wildman–Crippen LogP) is 6.99. The number of nitrogens with one attached hydrogen (secondary N) is 1. The smallest absolute Gasteiger partial charge is 0.352 e. The molecule has 0 aliphatic rings. The number of nitrogens with zero attached hydrogens (tertiary/aromatic N) is 2. The van der Waals surface area contributed by atoms with Crippen LogP contribution in [0.5, 0.6) is 0 Å². The molecule has 0 aromatic heterocycles. The molecule has 2 atom stereocenters.